The standard InChI is InChI=1S/C22H25ClN4O/c1-21(16-11-7-4-8-12-16)19(23)18(15-9-5-3-6-10-15)26(20(24)28)22(2,27(21)25)17-13-14-17/h3-12,17H,13-14,25H2,1-2H3,(H2,24,28). The van der Waals surface area contributed by atoms with Crippen LogP contribution >= 0.6 is 11.6 Å². The molecule has 5 nitrogen and oxygen atoms in total. The number of halogens is 1. The van der Waals surface area contributed by atoms with Crippen LogP contribution in [0.15, 0.2) is 65.7 Å². The van der Waals surface area contributed by atoms with Crippen molar-refractivity contribution in [3.8, 4) is 0 Å². The molecular weight excluding hydrogens is 372 g/mol. The van der Waals surface area contributed by atoms with Crippen LogP contribution in [-0.2, 0) is 5.54 Å². The third-order valence-electron chi connectivity index (χ3n) is 6.24. The highest BCUT2D eigenvalue weighted by atomic mass is 35.5. The van der Waals surface area contributed by atoms with Gasteiger partial charge in [-0.05, 0) is 43.7 Å². The van der Waals surface area contributed by atoms with Gasteiger partial charge in [-0.25, -0.2) is 9.80 Å². The molecular formula is C22H25ClN4O. The van der Waals surface area contributed by atoms with E-state index in [1.54, 1.807) is 9.91 Å². The molecule has 2 aromatic carbocycles. The number of hydrazine groups is 1. The molecule has 4 N–H and O–H groups in total. The van der Waals surface area contributed by atoms with Crippen LogP contribution in [0.25, 0.3) is 5.70 Å². The van der Waals surface area contributed by atoms with Crippen LogP contribution in [0.2, 0.25) is 0 Å². The minimum absolute atomic E-state index is 0.219. The maximum atomic E-state index is 12.7. The van der Waals surface area contributed by atoms with Gasteiger partial charge in [-0.1, -0.05) is 72.3 Å². The SMILES string of the molecule is CC1(c2ccccc2)C(Cl)=C(c2ccccc2)N(C(N)=O)C(C)(C2CC2)N1N. The van der Waals surface area contributed by atoms with Crippen LogP contribution < -0.4 is 11.6 Å². The van der Waals surface area contributed by atoms with E-state index in [9.17, 15) is 4.79 Å². The predicted octanol–water partition coefficient (Wildman–Crippen LogP) is 4.21. The summed E-state index contributed by atoms with van der Waals surface area (Å²) in [5.41, 5.74) is 6.73. The van der Waals surface area contributed by atoms with E-state index in [-0.39, 0.29) is 5.92 Å². The van der Waals surface area contributed by atoms with E-state index in [0.29, 0.717) is 10.7 Å². The molecule has 4 rings (SSSR count). The summed E-state index contributed by atoms with van der Waals surface area (Å²) in [4.78, 5) is 14.3. The molecule has 0 radical (unpaired) electrons. The second kappa shape index (κ2) is 6.62. The summed E-state index contributed by atoms with van der Waals surface area (Å²) in [5, 5.41) is 2.20. The van der Waals surface area contributed by atoms with Gasteiger partial charge in [-0.15, -0.1) is 0 Å². The molecule has 1 aliphatic heterocycles. The van der Waals surface area contributed by atoms with Crippen molar-refractivity contribution in [1.29, 1.82) is 0 Å². The molecule has 0 saturated heterocycles. The van der Waals surface area contributed by atoms with Crippen LogP contribution in [-0.4, -0.2) is 21.6 Å². The van der Waals surface area contributed by atoms with E-state index in [2.05, 4.69) is 0 Å². The molecule has 1 saturated carbocycles. The zero-order chi connectivity index (χ0) is 20.1. The number of nitrogens with two attached hydrogens (primary N) is 2. The Hall–Kier alpha value is -2.34. The minimum atomic E-state index is -0.808. The highest BCUT2D eigenvalue weighted by molar-refractivity contribution is 6.34. The van der Waals surface area contributed by atoms with Crippen molar-refractivity contribution in [1.82, 2.24) is 9.91 Å². The average molecular weight is 397 g/mol. The molecule has 2 atom stereocenters. The first-order chi connectivity index (χ1) is 13.3. The number of nitrogens with zero attached hydrogens (tertiary/aromatic N) is 2. The maximum absolute atomic E-state index is 12.7. The van der Waals surface area contributed by atoms with E-state index >= 15 is 0 Å². The first kappa shape index (κ1) is 19.0. The number of carbonyl (C=O) groups is 1. The largest absolute Gasteiger partial charge is 0.351 e. The maximum Gasteiger partial charge on any atom is 0.320 e. The van der Waals surface area contributed by atoms with Gasteiger partial charge in [-0.2, -0.15) is 0 Å². The van der Waals surface area contributed by atoms with Crippen molar-refractivity contribution in [2.24, 2.45) is 17.5 Å². The lowest BCUT2D eigenvalue weighted by Crippen LogP contribution is -2.72. The Kier molecular flexibility index (Phi) is 4.49. The summed E-state index contributed by atoms with van der Waals surface area (Å²) < 4.78 is 0. The zero-order valence-corrected chi connectivity index (χ0v) is 16.9. The van der Waals surface area contributed by atoms with Crippen molar-refractivity contribution in [3.05, 3.63) is 76.8 Å². The Bertz CT molecular complexity index is 928. The second-order valence-corrected chi connectivity index (χ2v) is 8.26. The number of urea groups is 1. The fraction of sp³-hybridized carbons (Fsp3) is 0.318. The average Bonchev–Trinajstić information content (AvgIpc) is 3.56. The number of hydrogen-bond donors (Lipinski definition) is 2. The van der Waals surface area contributed by atoms with Crippen molar-refractivity contribution in [2.75, 3.05) is 0 Å². The van der Waals surface area contributed by atoms with Crippen LogP contribution in [0.1, 0.15) is 37.8 Å². The Morgan fingerprint density at radius 3 is 2.07 bits per heavy atom. The molecule has 2 amide bonds. The molecule has 6 heteroatoms. The van der Waals surface area contributed by atoms with Gasteiger partial charge in [0.15, 0.2) is 0 Å². The molecule has 28 heavy (non-hydrogen) atoms. The number of rotatable bonds is 3. The lowest BCUT2D eigenvalue weighted by molar-refractivity contribution is -0.0766. The number of primary amides is 1. The summed E-state index contributed by atoms with van der Waals surface area (Å²) in [6.45, 7) is 4.00. The predicted molar refractivity (Wildman–Crippen MR) is 112 cm³/mol. The van der Waals surface area contributed by atoms with Crippen LogP contribution in [0, 0.1) is 5.92 Å². The molecule has 0 aromatic heterocycles. The van der Waals surface area contributed by atoms with Crippen molar-refractivity contribution >= 4 is 23.3 Å². The third-order valence-corrected chi connectivity index (χ3v) is 6.78. The summed E-state index contributed by atoms with van der Waals surface area (Å²) in [7, 11) is 0. The first-order valence-electron chi connectivity index (χ1n) is 9.48. The van der Waals surface area contributed by atoms with Gasteiger partial charge in [0.1, 0.15) is 5.66 Å². The molecule has 2 unspecified atom stereocenters. The van der Waals surface area contributed by atoms with Gasteiger partial charge < -0.3 is 5.73 Å². The number of carbonyl (C=O) groups excluding carboxylic acids is 1. The monoisotopic (exact) mass is 396 g/mol. The van der Waals surface area contributed by atoms with Crippen LogP contribution in [0.5, 0.6) is 0 Å². The van der Waals surface area contributed by atoms with Gasteiger partial charge in [0.05, 0.1) is 16.3 Å². The highest BCUT2D eigenvalue weighted by Gasteiger charge is 2.61. The van der Waals surface area contributed by atoms with Crippen molar-refractivity contribution in [3.63, 3.8) is 0 Å². The third kappa shape index (κ3) is 2.58. The normalized spacial score (nSPS) is 28.5. The molecule has 146 valence electrons. The lowest BCUT2D eigenvalue weighted by Gasteiger charge is -2.58. The molecule has 1 fully saturated rings. The fourth-order valence-electron chi connectivity index (χ4n) is 4.44. The first-order valence-corrected chi connectivity index (χ1v) is 9.86. The molecule has 2 aliphatic rings. The Morgan fingerprint density at radius 1 is 1.04 bits per heavy atom. The zero-order valence-electron chi connectivity index (χ0n) is 16.1. The van der Waals surface area contributed by atoms with Gasteiger partial charge in [0, 0.05) is 0 Å². The molecule has 0 bridgehead atoms. The highest BCUT2D eigenvalue weighted by Crippen LogP contribution is 2.56. The molecule has 0 spiro atoms. The second-order valence-electron chi connectivity index (χ2n) is 7.88. The van der Waals surface area contributed by atoms with E-state index in [0.717, 1.165) is 24.0 Å². The Balaban J connectivity index is 2.05. The van der Waals surface area contributed by atoms with Gasteiger partial charge in [0.25, 0.3) is 0 Å². The van der Waals surface area contributed by atoms with Crippen molar-refractivity contribution in [2.45, 2.75) is 37.9 Å². The van der Waals surface area contributed by atoms with E-state index in [1.165, 1.54) is 0 Å². The van der Waals surface area contributed by atoms with E-state index in [1.807, 2.05) is 74.5 Å². The van der Waals surface area contributed by atoms with Gasteiger partial charge in [-0.3, -0.25) is 10.7 Å². The van der Waals surface area contributed by atoms with E-state index < -0.39 is 17.2 Å². The van der Waals surface area contributed by atoms with Gasteiger partial charge >= 0.3 is 6.03 Å². The van der Waals surface area contributed by atoms with Crippen LogP contribution in [0.4, 0.5) is 4.79 Å². The summed E-state index contributed by atoms with van der Waals surface area (Å²) in [5.74, 6) is 7.01. The summed E-state index contributed by atoms with van der Waals surface area (Å²) in [6.07, 6.45) is 1.97. The Morgan fingerprint density at radius 2 is 1.57 bits per heavy atom. The number of hydrogen-bond acceptors (Lipinski definition) is 3. The lowest BCUT2D eigenvalue weighted by atomic mass is 9.81. The summed E-state index contributed by atoms with van der Waals surface area (Å²) >= 11 is 7.05. The van der Waals surface area contributed by atoms with Gasteiger partial charge in [0.2, 0.25) is 0 Å². The quantitative estimate of drug-likeness (QED) is 0.763. The van der Waals surface area contributed by atoms with E-state index in [4.69, 9.17) is 23.2 Å². The fourth-order valence-corrected chi connectivity index (χ4v) is 4.84. The summed E-state index contributed by atoms with van der Waals surface area (Å²) in [6, 6.07) is 19.0. The topological polar surface area (TPSA) is 75.6 Å². The number of amides is 2. The molecule has 1 aliphatic carbocycles. The van der Waals surface area contributed by atoms with Crippen LogP contribution in [0.3, 0.4) is 0 Å². The Labute approximate surface area is 170 Å². The molecule has 1 heterocycles. The molecule has 2 aromatic rings. The smallest absolute Gasteiger partial charge is 0.320 e. The minimum Gasteiger partial charge on any atom is -0.351 e. The van der Waals surface area contributed by atoms with Crippen molar-refractivity contribution < 1.29 is 4.79 Å². The number of benzene rings is 2.